The summed E-state index contributed by atoms with van der Waals surface area (Å²) in [6, 6.07) is 0.696. The van der Waals surface area contributed by atoms with Gasteiger partial charge in [-0.15, -0.1) is 0 Å². The molecule has 0 aromatic rings. The largest absolute Gasteiger partial charge is 0.356 e. The van der Waals surface area contributed by atoms with Crippen LogP contribution in [0.3, 0.4) is 0 Å². The second-order valence-corrected chi connectivity index (χ2v) is 9.60. The first-order chi connectivity index (χ1) is 13.0. The molecule has 158 valence electrons. The lowest BCUT2D eigenvalue weighted by Crippen LogP contribution is -2.50. The molecule has 0 radical (unpaired) electrons. The highest BCUT2D eigenvalue weighted by atomic mass is 16.1. The molecular formula is C22H44N4O. The summed E-state index contributed by atoms with van der Waals surface area (Å²) in [6.07, 6.45) is 7.35. The third kappa shape index (κ3) is 5.91. The van der Waals surface area contributed by atoms with E-state index in [9.17, 15) is 4.79 Å². The van der Waals surface area contributed by atoms with Gasteiger partial charge in [-0.3, -0.25) is 9.69 Å². The van der Waals surface area contributed by atoms with Crippen molar-refractivity contribution in [2.45, 2.75) is 65.3 Å². The molecule has 3 rings (SSSR count). The predicted molar refractivity (Wildman–Crippen MR) is 114 cm³/mol. The zero-order valence-electron chi connectivity index (χ0n) is 18.0. The lowest BCUT2D eigenvalue weighted by atomic mass is 9.57. The molecule has 27 heavy (non-hydrogen) atoms. The van der Waals surface area contributed by atoms with E-state index in [0.29, 0.717) is 17.9 Å². The van der Waals surface area contributed by atoms with Crippen LogP contribution < -0.4 is 5.32 Å². The van der Waals surface area contributed by atoms with Gasteiger partial charge in [0.25, 0.3) is 0 Å². The summed E-state index contributed by atoms with van der Waals surface area (Å²) in [4.78, 5) is 19.4. The van der Waals surface area contributed by atoms with E-state index in [1.807, 2.05) is 6.92 Å². The summed E-state index contributed by atoms with van der Waals surface area (Å²) in [7, 11) is 0. The molecule has 2 saturated heterocycles. The summed E-state index contributed by atoms with van der Waals surface area (Å²) in [5.74, 6) is 0.938. The minimum atomic E-state index is 0. The van der Waals surface area contributed by atoms with Gasteiger partial charge >= 0.3 is 0 Å². The SMILES string of the molecule is CCC(=O)NCC1CC2(CCN(CCCN3CCN(C(C)C)CC3)CC2)C1.[HH]. The standard InChI is InChI=1S/C22H42N4O.H2/c1-4-21(27)23-18-20-16-22(17-20)6-10-24(11-7-22)8-5-9-25-12-14-26(15-13-25)19(2)3;/h19-20H,4-18H2,1-3H3,(H,23,27);1H. The number of nitrogens with zero attached hydrogens (tertiary/aromatic N) is 3. The van der Waals surface area contributed by atoms with Crippen molar-refractivity contribution in [3.8, 4) is 0 Å². The summed E-state index contributed by atoms with van der Waals surface area (Å²) in [6.45, 7) is 17.5. The molecule has 2 aliphatic heterocycles. The topological polar surface area (TPSA) is 38.8 Å². The molecule has 2 heterocycles. The van der Waals surface area contributed by atoms with Crippen LogP contribution in [0.5, 0.6) is 0 Å². The van der Waals surface area contributed by atoms with E-state index in [1.54, 1.807) is 0 Å². The van der Waals surface area contributed by atoms with Gasteiger partial charge in [-0.25, -0.2) is 0 Å². The molecular weight excluding hydrogens is 336 g/mol. The Kier molecular flexibility index (Phi) is 7.57. The Morgan fingerprint density at radius 2 is 1.63 bits per heavy atom. The van der Waals surface area contributed by atoms with E-state index >= 15 is 0 Å². The molecule has 1 N–H and O–H groups in total. The van der Waals surface area contributed by atoms with Crippen molar-refractivity contribution in [1.29, 1.82) is 0 Å². The first-order valence-electron chi connectivity index (χ1n) is 11.5. The van der Waals surface area contributed by atoms with E-state index in [-0.39, 0.29) is 7.33 Å². The fourth-order valence-corrected chi connectivity index (χ4v) is 5.37. The number of likely N-dealkylation sites (tertiary alicyclic amines) is 1. The van der Waals surface area contributed by atoms with Crippen molar-refractivity contribution in [2.24, 2.45) is 11.3 Å². The predicted octanol–water partition coefficient (Wildman–Crippen LogP) is 2.67. The highest BCUT2D eigenvalue weighted by Crippen LogP contribution is 2.52. The van der Waals surface area contributed by atoms with Gasteiger partial charge < -0.3 is 15.1 Å². The normalized spacial score (nSPS) is 25.0. The number of hydrogen-bond acceptors (Lipinski definition) is 4. The van der Waals surface area contributed by atoms with Gasteiger partial charge in [0.15, 0.2) is 0 Å². The summed E-state index contributed by atoms with van der Waals surface area (Å²) >= 11 is 0. The molecule has 1 saturated carbocycles. The van der Waals surface area contributed by atoms with Crippen LogP contribution in [0, 0.1) is 11.3 Å². The fourth-order valence-electron chi connectivity index (χ4n) is 5.37. The first kappa shape index (κ1) is 21.1. The molecule has 0 unspecified atom stereocenters. The van der Waals surface area contributed by atoms with Gasteiger partial charge in [0.2, 0.25) is 5.91 Å². The monoisotopic (exact) mass is 380 g/mol. The molecule has 1 aliphatic carbocycles. The Bertz CT molecular complexity index is 463. The number of piperazine rings is 1. The number of piperidine rings is 1. The molecule has 0 atom stereocenters. The minimum Gasteiger partial charge on any atom is -0.356 e. The van der Waals surface area contributed by atoms with Crippen molar-refractivity contribution in [3.05, 3.63) is 0 Å². The van der Waals surface area contributed by atoms with Gasteiger partial charge in [-0.1, -0.05) is 6.92 Å². The third-order valence-corrected chi connectivity index (χ3v) is 7.35. The molecule has 5 heteroatoms. The van der Waals surface area contributed by atoms with Crippen molar-refractivity contribution >= 4 is 5.91 Å². The van der Waals surface area contributed by atoms with E-state index in [2.05, 4.69) is 33.9 Å². The van der Waals surface area contributed by atoms with Crippen LogP contribution in [-0.4, -0.2) is 85.6 Å². The molecule has 5 nitrogen and oxygen atoms in total. The van der Waals surface area contributed by atoms with Crippen molar-refractivity contribution in [3.63, 3.8) is 0 Å². The van der Waals surface area contributed by atoms with Crippen LogP contribution >= 0.6 is 0 Å². The smallest absolute Gasteiger partial charge is 0.219 e. The van der Waals surface area contributed by atoms with Crippen LogP contribution in [0.1, 0.15) is 60.7 Å². The first-order valence-corrected chi connectivity index (χ1v) is 11.5. The zero-order valence-corrected chi connectivity index (χ0v) is 18.0. The van der Waals surface area contributed by atoms with E-state index in [0.717, 1.165) is 12.5 Å². The van der Waals surface area contributed by atoms with Gasteiger partial charge in [0.05, 0.1) is 0 Å². The van der Waals surface area contributed by atoms with Gasteiger partial charge in [0, 0.05) is 46.6 Å². The van der Waals surface area contributed by atoms with Crippen molar-refractivity contribution in [1.82, 2.24) is 20.0 Å². The second-order valence-electron chi connectivity index (χ2n) is 9.60. The molecule has 1 amide bonds. The lowest BCUT2D eigenvalue weighted by molar-refractivity contribution is -0.121. The number of rotatable bonds is 8. The van der Waals surface area contributed by atoms with E-state index in [4.69, 9.17) is 0 Å². The summed E-state index contributed by atoms with van der Waals surface area (Å²) in [5, 5.41) is 3.08. The summed E-state index contributed by atoms with van der Waals surface area (Å²) in [5.41, 5.74) is 0.616. The molecule has 3 fully saturated rings. The highest BCUT2D eigenvalue weighted by Gasteiger charge is 2.45. The maximum atomic E-state index is 11.4. The van der Waals surface area contributed by atoms with Crippen LogP contribution in [0.2, 0.25) is 0 Å². The maximum absolute atomic E-state index is 11.4. The fraction of sp³-hybridized carbons (Fsp3) is 0.955. The highest BCUT2D eigenvalue weighted by molar-refractivity contribution is 5.75. The van der Waals surface area contributed by atoms with Crippen molar-refractivity contribution < 1.29 is 6.22 Å². The van der Waals surface area contributed by atoms with Crippen LogP contribution in [0.4, 0.5) is 0 Å². The Labute approximate surface area is 168 Å². The van der Waals surface area contributed by atoms with E-state index < -0.39 is 0 Å². The summed E-state index contributed by atoms with van der Waals surface area (Å²) < 4.78 is 0. The molecule has 1 spiro atoms. The average Bonchev–Trinajstić information content (AvgIpc) is 2.66. The van der Waals surface area contributed by atoms with E-state index in [1.165, 1.54) is 84.5 Å². The Morgan fingerprint density at radius 3 is 2.19 bits per heavy atom. The Morgan fingerprint density at radius 1 is 1.04 bits per heavy atom. The van der Waals surface area contributed by atoms with Crippen LogP contribution in [0.25, 0.3) is 0 Å². The number of hydrogen-bond donors (Lipinski definition) is 1. The number of nitrogens with one attached hydrogen (secondary N) is 1. The third-order valence-electron chi connectivity index (χ3n) is 7.35. The molecule has 3 aliphatic rings. The minimum absolute atomic E-state index is 0. The van der Waals surface area contributed by atoms with Gasteiger partial charge in [-0.05, 0) is 83.5 Å². The van der Waals surface area contributed by atoms with Crippen molar-refractivity contribution in [2.75, 3.05) is 58.9 Å². The average molecular weight is 381 g/mol. The lowest BCUT2D eigenvalue weighted by Gasteiger charge is -2.52. The zero-order chi connectivity index (χ0) is 19.3. The quantitative estimate of drug-likeness (QED) is 0.703. The molecule has 0 bridgehead atoms. The molecule has 0 aromatic carbocycles. The Balaban J connectivity index is 0.00000280. The number of amides is 1. The maximum Gasteiger partial charge on any atom is 0.219 e. The van der Waals surface area contributed by atoms with Gasteiger partial charge in [0.1, 0.15) is 0 Å². The van der Waals surface area contributed by atoms with Crippen LogP contribution in [0.15, 0.2) is 0 Å². The van der Waals surface area contributed by atoms with Crippen LogP contribution in [-0.2, 0) is 4.79 Å². The number of carbonyl (C=O) groups excluding carboxylic acids is 1. The molecule has 0 aromatic heterocycles. The second kappa shape index (κ2) is 9.71. The van der Waals surface area contributed by atoms with Gasteiger partial charge in [-0.2, -0.15) is 0 Å². The number of carbonyl (C=O) groups is 1. The Hall–Kier alpha value is -0.650.